The molecular weight excluding hydrogens is 354 g/mol. The van der Waals surface area contributed by atoms with E-state index in [9.17, 15) is 15.0 Å². The SMILES string of the molecule is CCC[C@]1(CO)CCN(C(=O)C(C)(C)Oc2cc(C)ccc2C(C)C)C[C@H]1O. The Morgan fingerprint density at radius 3 is 2.61 bits per heavy atom. The molecule has 158 valence electrons. The van der Waals surface area contributed by atoms with E-state index in [1.807, 2.05) is 19.9 Å². The average molecular weight is 392 g/mol. The average Bonchev–Trinajstić information content (AvgIpc) is 2.62. The number of β-amino-alcohol motifs (C(OH)–C–C–N with tert-alkyl or cyclic N) is 1. The molecule has 2 N–H and O–H groups in total. The first kappa shape index (κ1) is 22.7. The van der Waals surface area contributed by atoms with Gasteiger partial charge in [-0.3, -0.25) is 4.79 Å². The quantitative estimate of drug-likeness (QED) is 0.744. The van der Waals surface area contributed by atoms with E-state index in [1.165, 1.54) is 0 Å². The first-order chi connectivity index (χ1) is 13.1. The van der Waals surface area contributed by atoms with Gasteiger partial charge < -0.3 is 19.8 Å². The predicted molar refractivity (Wildman–Crippen MR) is 112 cm³/mol. The molecule has 0 bridgehead atoms. The minimum Gasteiger partial charge on any atom is -0.478 e. The Hall–Kier alpha value is -1.59. The monoisotopic (exact) mass is 391 g/mol. The molecule has 1 aliphatic heterocycles. The van der Waals surface area contributed by atoms with E-state index in [2.05, 4.69) is 26.0 Å². The number of aliphatic hydroxyl groups excluding tert-OH is 2. The molecular formula is C23H37NO4. The van der Waals surface area contributed by atoms with Crippen molar-refractivity contribution in [1.29, 1.82) is 0 Å². The molecule has 0 spiro atoms. The van der Waals surface area contributed by atoms with Gasteiger partial charge in [-0.25, -0.2) is 0 Å². The molecule has 2 rings (SSSR count). The van der Waals surface area contributed by atoms with Gasteiger partial charge in [-0.05, 0) is 56.7 Å². The van der Waals surface area contributed by atoms with Gasteiger partial charge in [0.1, 0.15) is 5.75 Å². The van der Waals surface area contributed by atoms with E-state index in [1.54, 1.807) is 18.7 Å². The number of piperidine rings is 1. The minimum absolute atomic E-state index is 0.0506. The molecule has 1 aromatic carbocycles. The van der Waals surface area contributed by atoms with Gasteiger partial charge in [0.2, 0.25) is 0 Å². The van der Waals surface area contributed by atoms with Crippen molar-refractivity contribution in [3.05, 3.63) is 29.3 Å². The summed E-state index contributed by atoms with van der Waals surface area (Å²) in [5.74, 6) is 0.893. The summed E-state index contributed by atoms with van der Waals surface area (Å²) in [6, 6.07) is 6.09. The van der Waals surface area contributed by atoms with Crippen LogP contribution in [0.1, 0.15) is 70.9 Å². The standard InChI is InChI=1S/C23H37NO4/c1-7-10-23(15-25)11-12-24(14-20(23)26)21(27)22(5,6)28-19-13-17(4)8-9-18(19)16(2)3/h8-9,13,16,20,25-26H,7,10-12,14-15H2,1-6H3/t20-,23-/m1/s1. The molecule has 28 heavy (non-hydrogen) atoms. The molecule has 1 fully saturated rings. The molecule has 1 saturated heterocycles. The molecule has 0 aromatic heterocycles. The van der Waals surface area contributed by atoms with Crippen LogP contribution in [0.25, 0.3) is 0 Å². The Bertz CT molecular complexity index is 685. The van der Waals surface area contributed by atoms with Gasteiger partial charge in [0.05, 0.1) is 12.7 Å². The van der Waals surface area contributed by atoms with E-state index in [0.717, 1.165) is 29.7 Å². The lowest BCUT2D eigenvalue weighted by atomic mass is 9.73. The van der Waals surface area contributed by atoms with Crippen molar-refractivity contribution < 1.29 is 19.7 Å². The number of nitrogens with zero attached hydrogens (tertiary/aromatic N) is 1. The highest BCUT2D eigenvalue weighted by Crippen LogP contribution is 2.37. The maximum absolute atomic E-state index is 13.2. The highest BCUT2D eigenvalue weighted by atomic mass is 16.5. The molecule has 1 aliphatic rings. The Labute approximate surface area is 169 Å². The van der Waals surface area contributed by atoms with E-state index in [0.29, 0.717) is 13.0 Å². The van der Waals surface area contributed by atoms with Gasteiger partial charge in [0, 0.05) is 18.5 Å². The topological polar surface area (TPSA) is 70.0 Å². The first-order valence-electron chi connectivity index (χ1n) is 10.4. The van der Waals surface area contributed by atoms with Crippen LogP contribution in [-0.2, 0) is 4.79 Å². The van der Waals surface area contributed by atoms with Crippen molar-refractivity contribution in [1.82, 2.24) is 4.90 Å². The van der Waals surface area contributed by atoms with Crippen LogP contribution in [0.15, 0.2) is 18.2 Å². The van der Waals surface area contributed by atoms with Crippen LogP contribution in [0, 0.1) is 12.3 Å². The third-order valence-corrected chi connectivity index (χ3v) is 6.00. The van der Waals surface area contributed by atoms with Crippen LogP contribution in [0.5, 0.6) is 5.75 Å². The second kappa shape index (κ2) is 8.83. The molecule has 1 amide bonds. The molecule has 2 atom stereocenters. The predicted octanol–water partition coefficient (Wildman–Crippen LogP) is 3.65. The number of aliphatic hydroxyl groups is 2. The van der Waals surface area contributed by atoms with Gasteiger partial charge >= 0.3 is 0 Å². The van der Waals surface area contributed by atoms with Gasteiger partial charge in [0.25, 0.3) is 5.91 Å². The number of carbonyl (C=O) groups is 1. The summed E-state index contributed by atoms with van der Waals surface area (Å²) in [5.41, 5.74) is 0.620. The molecule has 1 heterocycles. The number of rotatable bonds is 7. The van der Waals surface area contributed by atoms with Crippen LogP contribution in [0.4, 0.5) is 0 Å². The van der Waals surface area contributed by atoms with Crippen molar-refractivity contribution in [2.24, 2.45) is 5.41 Å². The van der Waals surface area contributed by atoms with Crippen molar-refractivity contribution in [2.75, 3.05) is 19.7 Å². The van der Waals surface area contributed by atoms with Crippen molar-refractivity contribution in [2.45, 2.75) is 78.4 Å². The van der Waals surface area contributed by atoms with E-state index in [4.69, 9.17) is 4.74 Å². The van der Waals surface area contributed by atoms with Crippen molar-refractivity contribution >= 4 is 5.91 Å². The minimum atomic E-state index is -1.04. The molecule has 1 aromatic rings. The van der Waals surface area contributed by atoms with Crippen LogP contribution < -0.4 is 4.74 Å². The number of hydrogen-bond donors (Lipinski definition) is 2. The number of benzene rings is 1. The normalized spacial score (nSPS) is 23.2. The fourth-order valence-corrected chi connectivity index (χ4v) is 4.16. The molecule has 0 saturated carbocycles. The largest absolute Gasteiger partial charge is 0.478 e. The first-order valence-corrected chi connectivity index (χ1v) is 10.4. The summed E-state index contributed by atoms with van der Waals surface area (Å²) < 4.78 is 6.23. The summed E-state index contributed by atoms with van der Waals surface area (Å²) in [6.45, 7) is 12.5. The summed E-state index contributed by atoms with van der Waals surface area (Å²) in [7, 11) is 0. The Morgan fingerprint density at radius 1 is 1.39 bits per heavy atom. The number of aryl methyl sites for hydroxylation is 1. The van der Waals surface area contributed by atoms with Crippen LogP contribution in [0.2, 0.25) is 0 Å². The summed E-state index contributed by atoms with van der Waals surface area (Å²) in [4.78, 5) is 14.9. The molecule has 0 unspecified atom stereocenters. The number of carbonyl (C=O) groups excluding carboxylic acids is 1. The zero-order chi connectivity index (χ0) is 21.1. The van der Waals surface area contributed by atoms with E-state index in [-0.39, 0.29) is 25.0 Å². The van der Waals surface area contributed by atoms with Crippen LogP contribution in [-0.4, -0.2) is 52.4 Å². The Kier molecular flexibility index (Phi) is 7.16. The van der Waals surface area contributed by atoms with Crippen molar-refractivity contribution in [3.8, 4) is 5.75 Å². The van der Waals surface area contributed by atoms with Crippen LogP contribution in [0.3, 0.4) is 0 Å². The number of ether oxygens (including phenoxy) is 1. The number of hydrogen-bond acceptors (Lipinski definition) is 4. The second-order valence-electron chi connectivity index (χ2n) is 9.10. The highest BCUT2D eigenvalue weighted by molar-refractivity contribution is 5.85. The second-order valence-corrected chi connectivity index (χ2v) is 9.10. The lowest BCUT2D eigenvalue weighted by Crippen LogP contribution is -2.58. The zero-order valence-electron chi connectivity index (χ0n) is 18.3. The number of likely N-dealkylation sites (tertiary alicyclic amines) is 1. The number of amides is 1. The molecule has 5 heteroatoms. The Balaban J connectivity index is 2.17. The smallest absolute Gasteiger partial charge is 0.266 e. The highest BCUT2D eigenvalue weighted by Gasteiger charge is 2.45. The fourth-order valence-electron chi connectivity index (χ4n) is 4.16. The van der Waals surface area contributed by atoms with E-state index >= 15 is 0 Å². The zero-order valence-corrected chi connectivity index (χ0v) is 18.3. The lowest BCUT2D eigenvalue weighted by molar-refractivity contribution is -0.155. The molecule has 0 radical (unpaired) electrons. The maximum Gasteiger partial charge on any atom is 0.266 e. The van der Waals surface area contributed by atoms with E-state index < -0.39 is 17.1 Å². The summed E-state index contributed by atoms with van der Waals surface area (Å²) in [6.07, 6.45) is 1.53. The third kappa shape index (κ3) is 4.69. The molecule has 0 aliphatic carbocycles. The Morgan fingerprint density at radius 2 is 2.07 bits per heavy atom. The summed E-state index contributed by atoms with van der Waals surface area (Å²) >= 11 is 0. The van der Waals surface area contributed by atoms with Gasteiger partial charge in [-0.2, -0.15) is 0 Å². The van der Waals surface area contributed by atoms with Crippen LogP contribution >= 0.6 is 0 Å². The maximum atomic E-state index is 13.2. The fraction of sp³-hybridized carbons (Fsp3) is 0.696. The third-order valence-electron chi connectivity index (χ3n) is 6.00. The summed E-state index contributed by atoms with van der Waals surface area (Å²) in [5, 5.41) is 20.5. The van der Waals surface area contributed by atoms with Gasteiger partial charge in [0.15, 0.2) is 5.60 Å². The lowest BCUT2D eigenvalue weighted by Gasteiger charge is -2.46. The van der Waals surface area contributed by atoms with Crippen molar-refractivity contribution in [3.63, 3.8) is 0 Å². The van der Waals surface area contributed by atoms with Gasteiger partial charge in [-0.15, -0.1) is 0 Å². The molecule has 5 nitrogen and oxygen atoms in total. The van der Waals surface area contributed by atoms with Gasteiger partial charge in [-0.1, -0.05) is 39.3 Å².